The molecular formula is C16H22N4. The second kappa shape index (κ2) is 6.37. The van der Waals surface area contributed by atoms with Gasteiger partial charge in [-0.2, -0.15) is 0 Å². The van der Waals surface area contributed by atoms with Crippen molar-refractivity contribution in [2.75, 3.05) is 17.2 Å². The molecule has 20 heavy (non-hydrogen) atoms. The molecule has 0 atom stereocenters. The van der Waals surface area contributed by atoms with Gasteiger partial charge in [-0.3, -0.25) is 0 Å². The summed E-state index contributed by atoms with van der Waals surface area (Å²) < 4.78 is 0. The fourth-order valence-corrected chi connectivity index (χ4v) is 2.41. The van der Waals surface area contributed by atoms with Crippen molar-refractivity contribution in [3.05, 3.63) is 47.4 Å². The van der Waals surface area contributed by atoms with Gasteiger partial charge in [0.15, 0.2) is 0 Å². The number of nitrogen functional groups attached to an aromatic ring is 1. The Bertz CT molecular complexity index is 580. The number of aromatic nitrogens is 2. The molecule has 0 bridgehead atoms. The lowest BCUT2D eigenvalue weighted by Crippen LogP contribution is -2.31. The van der Waals surface area contributed by atoms with E-state index >= 15 is 0 Å². The fraction of sp³-hybridized carbons (Fsp3) is 0.375. The maximum Gasteiger partial charge on any atom is 0.132 e. The van der Waals surface area contributed by atoms with Gasteiger partial charge in [0.1, 0.15) is 12.1 Å². The zero-order chi connectivity index (χ0) is 14.5. The third kappa shape index (κ3) is 2.90. The maximum atomic E-state index is 5.93. The molecular weight excluding hydrogens is 248 g/mol. The first-order valence-electron chi connectivity index (χ1n) is 7.14. The van der Waals surface area contributed by atoms with Crippen molar-refractivity contribution in [2.24, 2.45) is 0 Å². The SMILES string of the molecule is CC.Cc1cccc(N2CCc3ncnc(N)c3C2)c1. The molecule has 0 amide bonds. The van der Waals surface area contributed by atoms with E-state index in [-0.39, 0.29) is 0 Å². The fourth-order valence-electron chi connectivity index (χ4n) is 2.41. The summed E-state index contributed by atoms with van der Waals surface area (Å²) in [4.78, 5) is 10.7. The largest absolute Gasteiger partial charge is 0.383 e. The predicted octanol–water partition coefficient (Wildman–Crippen LogP) is 2.96. The van der Waals surface area contributed by atoms with Crippen LogP contribution in [0.3, 0.4) is 0 Å². The van der Waals surface area contributed by atoms with Crippen molar-refractivity contribution in [1.29, 1.82) is 0 Å². The number of rotatable bonds is 1. The van der Waals surface area contributed by atoms with Crippen molar-refractivity contribution in [2.45, 2.75) is 33.7 Å². The molecule has 1 aromatic carbocycles. The molecule has 0 saturated heterocycles. The summed E-state index contributed by atoms with van der Waals surface area (Å²) >= 11 is 0. The zero-order valence-electron chi connectivity index (χ0n) is 12.4. The molecule has 0 unspecified atom stereocenters. The van der Waals surface area contributed by atoms with E-state index in [9.17, 15) is 0 Å². The maximum absolute atomic E-state index is 5.93. The highest BCUT2D eigenvalue weighted by Gasteiger charge is 2.20. The number of aryl methyl sites for hydroxylation is 1. The van der Waals surface area contributed by atoms with Crippen LogP contribution < -0.4 is 10.6 Å². The molecule has 1 aliphatic rings. The summed E-state index contributed by atoms with van der Waals surface area (Å²) in [5, 5.41) is 0. The van der Waals surface area contributed by atoms with Gasteiger partial charge < -0.3 is 10.6 Å². The van der Waals surface area contributed by atoms with E-state index in [4.69, 9.17) is 5.73 Å². The van der Waals surface area contributed by atoms with Crippen LogP contribution in [0, 0.1) is 6.92 Å². The van der Waals surface area contributed by atoms with Gasteiger partial charge in [0.05, 0.1) is 5.69 Å². The summed E-state index contributed by atoms with van der Waals surface area (Å²) in [5.41, 5.74) is 10.6. The topological polar surface area (TPSA) is 55.0 Å². The summed E-state index contributed by atoms with van der Waals surface area (Å²) in [7, 11) is 0. The van der Waals surface area contributed by atoms with Gasteiger partial charge in [-0.15, -0.1) is 0 Å². The molecule has 0 aliphatic carbocycles. The van der Waals surface area contributed by atoms with E-state index in [0.717, 1.165) is 30.8 Å². The van der Waals surface area contributed by atoms with E-state index in [1.54, 1.807) is 6.33 Å². The Morgan fingerprint density at radius 3 is 2.75 bits per heavy atom. The van der Waals surface area contributed by atoms with Crippen LogP contribution in [0.1, 0.15) is 30.7 Å². The molecule has 106 valence electrons. The lowest BCUT2D eigenvalue weighted by Gasteiger charge is -2.30. The monoisotopic (exact) mass is 270 g/mol. The van der Waals surface area contributed by atoms with Crippen molar-refractivity contribution in [1.82, 2.24) is 9.97 Å². The molecule has 0 saturated carbocycles. The standard InChI is InChI=1S/C14H16N4.C2H6/c1-10-3-2-4-11(7-10)18-6-5-13-12(8-18)14(15)17-9-16-13;1-2/h2-4,7,9H,5-6,8H2,1H3,(H2,15,16,17);1-2H3. The number of nitrogens with two attached hydrogens (primary N) is 1. The second-order valence-corrected chi connectivity index (χ2v) is 4.69. The highest BCUT2D eigenvalue weighted by Crippen LogP contribution is 2.26. The van der Waals surface area contributed by atoms with Gasteiger partial charge in [-0.25, -0.2) is 9.97 Å². The van der Waals surface area contributed by atoms with Crippen molar-refractivity contribution in [3.63, 3.8) is 0 Å². The Morgan fingerprint density at radius 1 is 1.20 bits per heavy atom. The normalized spacial score (nSPS) is 13.2. The minimum atomic E-state index is 0.609. The quantitative estimate of drug-likeness (QED) is 0.865. The Hall–Kier alpha value is -2.10. The predicted molar refractivity (Wildman–Crippen MR) is 83.7 cm³/mol. The van der Waals surface area contributed by atoms with Gasteiger partial charge in [0.25, 0.3) is 0 Å². The first-order valence-corrected chi connectivity index (χ1v) is 7.14. The molecule has 2 heterocycles. The lowest BCUT2D eigenvalue weighted by molar-refractivity contribution is 0.708. The summed E-state index contributed by atoms with van der Waals surface area (Å²) in [6.07, 6.45) is 2.48. The smallest absolute Gasteiger partial charge is 0.132 e. The molecule has 0 fully saturated rings. The molecule has 4 heteroatoms. The number of hydrogen-bond acceptors (Lipinski definition) is 4. The van der Waals surface area contributed by atoms with Crippen LogP contribution in [-0.2, 0) is 13.0 Å². The van der Waals surface area contributed by atoms with Crippen molar-refractivity contribution in [3.8, 4) is 0 Å². The second-order valence-electron chi connectivity index (χ2n) is 4.69. The number of fused-ring (bicyclic) bond motifs is 1. The van der Waals surface area contributed by atoms with Gasteiger partial charge >= 0.3 is 0 Å². The van der Waals surface area contributed by atoms with E-state index in [1.807, 2.05) is 13.8 Å². The van der Waals surface area contributed by atoms with Crippen LogP contribution in [-0.4, -0.2) is 16.5 Å². The number of hydrogen-bond donors (Lipinski definition) is 1. The number of benzene rings is 1. The Balaban J connectivity index is 0.000000704. The highest BCUT2D eigenvalue weighted by molar-refractivity contribution is 5.53. The van der Waals surface area contributed by atoms with Crippen molar-refractivity contribution < 1.29 is 0 Å². The third-order valence-corrected chi connectivity index (χ3v) is 3.40. The van der Waals surface area contributed by atoms with Crippen LogP contribution in [0.5, 0.6) is 0 Å². The summed E-state index contributed by atoms with van der Waals surface area (Å²) in [6, 6.07) is 8.53. The molecule has 1 aromatic heterocycles. The highest BCUT2D eigenvalue weighted by atomic mass is 15.1. The first kappa shape index (κ1) is 14.3. The van der Waals surface area contributed by atoms with E-state index in [1.165, 1.54) is 11.3 Å². The minimum Gasteiger partial charge on any atom is -0.383 e. The molecule has 0 spiro atoms. The molecule has 2 N–H and O–H groups in total. The molecule has 2 aromatic rings. The molecule has 0 radical (unpaired) electrons. The van der Waals surface area contributed by atoms with E-state index in [0.29, 0.717) is 5.82 Å². The molecule has 1 aliphatic heterocycles. The average molecular weight is 270 g/mol. The zero-order valence-corrected chi connectivity index (χ0v) is 12.4. The summed E-state index contributed by atoms with van der Waals surface area (Å²) in [5.74, 6) is 0.609. The van der Waals surface area contributed by atoms with Gasteiger partial charge in [0, 0.05) is 30.8 Å². The molecule has 3 rings (SSSR count). The summed E-state index contributed by atoms with van der Waals surface area (Å²) in [6.45, 7) is 7.89. The van der Waals surface area contributed by atoms with E-state index < -0.39 is 0 Å². The van der Waals surface area contributed by atoms with Crippen molar-refractivity contribution >= 4 is 11.5 Å². The Morgan fingerprint density at radius 2 is 2.00 bits per heavy atom. The average Bonchev–Trinajstić information content (AvgIpc) is 2.49. The number of nitrogens with zero attached hydrogens (tertiary/aromatic N) is 3. The van der Waals surface area contributed by atoms with Gasteiger partial charge in [0.2, 0.25) is 0 Å². The van der Waals surface area contributed by atoms with E-state index in [2.05, 4.69) is 46.1 Å². The molecule has 4 nitrogen and oxygen atoms in total. The minimum absolute atomic E-state index is 0.609. The van der Waals surface area contributed by atoms with Gasteiger partial charge in [-0.1, -0.05) is 26.0 Å². The third-order valence-electron chi connectivity index (χ3n) is 3.40. The van der Waals surface area contributed by atoms with Crippen LogP contribution in [0.4, 0.5) is 11.5 Å². The number of anilines is 2. The van der Waals surface area contributed by atoms with Gasteiger partial charge in [-0.05, 0) is 24.6 Å². The Kier molecular flexibility index (Phi) is 4.56. The van der Waals surface area contributed by atoms with Crippen LogP contribution in [0.15, 0.2) is 30.6 Å². The van der Waals surface area contributed by atoms with Crippen LogP contribution in [0.25, 0.3) is 0 Å². The van der Waals surface area contributed by atoms with Crippen LogP contribution >= 0.6 is 0 Å². The first-order chi connectivity index (χ1) is 9.74. The lowest BCUT2D eigenvalue weighted by atomic mass is 10.1. The van der Waals surface area contributed by atoms with Crippen LogP contribution in [0.2, 0.25) is 0 Å². The Labute approximate surface area is 120 Å².